The van der Waals surface area contributed by atoms with Gasteiger partial charge < -0.3 is 11.1 Å². The van der Waals surface area contributed by atoms with Crippen molar-refractivity contribution in [2.75, 3.05) is 5.32 Å². The van der Waals surface area contributed by atoms with Gasteiger partial charge in [-0.1, -0.05) is 12.2 Å². The maximum atomic E-state index is 5.84. The van der Waals surface area contributed by atoms with Gasteiger partial charge in [-0.15, -0.1) is 0 Å². The van der Waals surface area contributed by atoms with E-state index < -0.39 is 0 Å². The van der Waals surface area contributed by atoms with E-state index in [4.69, 9.17) is 22.9 Å². The summed E-state index contributed by atoms with van der Waals surface area (Å²) in [7, 11) is 1.88. The Morgan fingerprint density at radius 2 is 2.20 bits per heavy atom. The number of thiocarbonyl (C=S) groups is 1. The van der Waals surface area contributed by atoms with Crippen LogP contribution in [-0.4, -0.2) is 19.8 Å². The molecule has 0 aromatic carbocycles. The predicted molar refractivity (Wildman–Crippen MR) is 83.3 cm³/mol. The number of fused-ring (bicyclic) bond motifs is 1. The molecule has 2 aromatic rings. The Bertz CT molecular complexity index is 662. The molecule has 0 fully saturated rings. The first-order chi connectivity index (χ1) is 9.65. The lowest BCUT2D eigenvalue weighted by atomic mass is 9.94. The Morgan fingerprint density at radius 3 is 2.90 bits per heavy atom. The van der Waals surface area contributed by atoms with Crippen LogP contribution in [0.3, 0.4) is 0 Å². The van der Waals surface area contributed by atoms with E-state index in [1.54, 1.807) is 10.9 Å². The van der Waals surface area contributed by atoms with E-state index in [0.29, 0.717) is 4.99 Å². The number of pyridine rings is 1. The van der Waals surface area contributed by atoms with Gasteiger partial charge >= 0.3 is 0 Å². The second kappa shape index (κ2) is 5.20. The molecule has 0 saturated heterocycles. The molecule has 104 valence electrons. The number of anilines is 2. The minimum Gasteiger partial charge on any atom is -0.389 e. The van der Waals surface area contributed by atoms with E-state index >= 15 is 0 Å². The summed E-state index contributed by atoms with van der Waals surface area (Å²) in [4.78, 5) is 5.10. The lowest BCUT2D eigenvalue weighted by molar-refractivity contribution is 0.668. The fourth-order valence-corrected chi connectivity index (χ4v) is 2.69. The molecular weight excluding hydrogens is 270 g/mol. The van der Waals surface area contributed by atoms with Gasteiger partial charge in [-0.05, 0) is 37.3 Å². The molecule has 0 saturated carbocycles. The number of rotatable bonds is 3. The van der Waals surface area contributed by atoms with Gasteiger partial charge in [-0.25, -0.2) is 4.98 Å². The summed E-state index contributed by atoms with van der Waals surface area (Å²) < 4.78 is 1.75. The molecule has 0 bridgehead atoms. The van der Waals surface area contributed by atoms with Gasteiger partial charge in [-0.3, -0.25) is 4.68 Å². The molecule has 2 aromatic heterocycles. The number of nitrogens with two attached hydrogens (primary N) is 1. The van der Waals surface area contributed by atoms with Gasteiger partial charge in [0.15, 0.2) is 0 Å². The number of aryl methyl sites for hydroxylation is 3. The lowest BCUT2D eigenvalue weighted by Gasteiger charge is -2.19. The van der Waals surface area contributed by atoms with Crippen LogP contribution in [0.4, 0.5) is 11.6 Å². The zero-order valence-electron chi connectivity index (χ0n) is 11.4. The largest absolute Gasteiger partial charge is 0.389 e. The second-order valence-electron chi connectivity index (χ2n) is 5.03. The molecule has 20 heavy (non-hydrogen) atoms. The third kappa shape index (κ3) is 2.38. The Labute approximate surface area is 123 Å². The standard InChI is InChI=1S/C14H17N5S/c1-19-12(6-7-16-19)18-14-10(13(15)20)8-9-4-2-3-5-11(9)17-14/h6-8H,2-5H2,1H3,(H2,15,20)(H,17,18). The summed E-state index contributed by atoms with van der Waals surface area (Å²) in [6, 6.07) is 3.98. The summed E-state index contributed by atoms with van der Waals surface area (Å²) in [5.74, 6) is 1.59. The highest BCUT2D eigenvalue weighted by molar-refractivity contribution is 7.80. The predicted octanol–water partition coefficient (Wildman–Crippen LogP) is 2.07. The lowest BCUT2D eigenvalue weighted by Crippen LogP contribution is -2.17. The summed E-state index contributed by atoms with van der Waals surface area (Å²) in [6.45, 7) is 0. The molecule has 0 aliphatic heterocycles. The van der Waals surface area contributed by atoms with Crippen LogP contribution in [0.5, 0.6) is 0 Å². The van der Waals surface area contributed by atoms with Crippen LogP contribution >= 0.6 is 12.2 Å². The SMILES string of the molecule is Cn1nccc1Nc1nc2c(cc1C(N)=S)CCCC2. The van der Waals surface area contributed by atoms with E-state index in [-0.39, 0.29) is 0 Å². The molecule has 0 spiro atoms. The summed E-state index contributed by atoms with van der Waals surface area (Å²) >= 11 is 5.16. The van der Waals surface area contributed by atoms with Gasteiger partial charge in [0.1, 0.15) is 16.6 Å². The molecule has 0 unspecified atom stereocenters. The topological polar surface area (TPSA) is 68.8 Å². The molecule has 2 heterocycles. The third-order valence-corrected chi connectivity index (χ3v) is 3.85. The van der Waals surface area contributed by atoms with Crippen LogP contribution in [-0.2, 0) is 19.9 Å². The second-order valence-corrected chi connectivity index (χ2v) is 5.47. The van der Waals surface area contributed by atoms with E-state index in [1.807, 2.05) is 13.1 Å². The molecule has 3 N–H and O–H groups in total. The van der Waals surface area contributed by atoms with Crippen molar-refractivity contribution in [3.8, 4) is 0 Å². The highest BCUT2D eigenvalue weighted by Gasteiger charge is 2.17. The average molecular weight is 287 g/mol. The van der Waals surface area contributed by atoms with Crippen molar-refractivity contribution in [2.45, 2.75) is 25.7 Å². The van der Waals surface area contributed by atoms with Gasteiger partial charge in [0.25, 0.3) is 0 Å². The molecule has 1 aliphatic rings. The number of nitrogens with one attached hydrogen (secondary N) is 1. The normalized spacial score (nSPS) is 13.8. The fraction of sp³-hybridized carbons (Fsp3) is 0.357. The Morgan fingerprint density at radius 1 is 1.40 bits per heavy atom. The maximum Gasteiger partial charge on any atom is 0.142 e. The highest BCUT2D eigenvalue weighted by atomic mass is 32.1. The zero-order valence-corrected chi connectivity index (χ0v) is 12.2. The molecule has 3 rings (SSSR count). The number of hydrogen-bond acceptors (Lipinski definition) is 4. The van der Waals surface area contributed by atoms with E-state index in [0.717, 1.165) is 35.7 Å². The van der Waals surface area contributed by atoms with Crippen LogP contribution in [0.15, 0.2) is 18.3 Å². The van der Waals surface area contributed by atoms with E-state index in [9.17, 15) is 0 Å². The van der Waals surface area contributed by atoms with E-state index in [1.165, 1.54) is 18.4 Å². The minimum absolute atomic E-state index is 0.371. The van der Waals surface area contributed by atoms with Crippen LogP contribution in [0.25, 0.3) is 0 Å². The summed E-state index contributed by atoms with van der Waals surface area (Å²) in [6.07, 6.45) is 6.22. The highest BCUT2D eigenvalue weighted by Crippen LogP contribution is 2.26. The van der Waals surface area contributed by atoms with Gasteiger partial charge in [0.2, 0.25) is 0 Å². The Hall–Kier alpha value is -1.95. The van der Waals surface area contributed by atoms with Crippen molar-refractivity contribution >= 4 is 28.8 Å². The summed E-state index contributed by atoms with van der Waals surface area (Å²) in [5.41, 5.74) is 9.08. The van der Waals surface area contributed by atoms with Gasteiger partial charge in [0.05, 0.1) is 11.8 Å². The van der Waals surface area contributed by atoms with Crippen molar-refractivity contribution < 1.29 is 0 Å². The molecule has 0 radical (unpaired) electrons. The molecular formula is C14H17N5S. The quantitative estimate of drug-likeness (QED) is 0.846. The van der Waals surface area contributed by atoms with E-state index in [2.05, 4.69) is 16.5 Å². The zero-order chi connectivity index (χ0) is 14.1. The summed E-state index contributed by atoms with van der Waals surface area (Å²) in [5, 5.41) is 7.41. The smallest absolute Gasteiger partial charge is 0.142 e. The number of aromatic nitrogens is 3. The Kier molecular flexibility index (Phi) is 3.40. The average Bonchev–Trinajstić information content (AvgIpc) is 2.83. The molecule has 6 heteroatoms. The molecule has 1 aliphatic carbocycles. The first kappa shape index (κ1) is 13.1. The first-order valence-corrected chi connectivity index (χ1v) is 7.13. The van der Waals surface area contributed by atoms with Gasteiger partial charge in [0, 0.05) is 18.8 Å². The van der Waals surface area contributed by atoms with Crippen molar-refractivity contribution in [1.82, 2.24) is 14.8 Å². The Balaban J connectivity index is 2.04. The minimum atomic E-state index is 0.371. The third-order valence-electron chi connectivity index (χ3n) is 3.63. The van der Waals surface area contributed by atoms with Crippen LogP contribution in [0.2, 0.25) is 0 Å². The monoisotopic (exact) mass is 287 g/mol. The van der Waals surface area contributed by atoms with Crippen LogP contribution < -0.4 is 11.1 Å². The first-order valence-electron chi connectivity index (χ1n) is 6.73. The molecule has 0 amide bonds. The fourth-order valence-electron chi connectivity index (χ4n) is 2.53. The van der Waals surface area contributed by atoms with Crippen LogP contribution in [0, 0.1) is 0 Å². The van der Waals surface area contributed by atoms with Crippen LogP contribution in [0.1, 0.15) is 29.7 Å². The van der Waals surface area contributed by atoms with Crippen molar-refractivity contribution in [3.63, 3.8) is 0 Å². The molecule has 5 nitrogen and oxygen atoms in total. The number of hydrogen-bond donors (Lipinski definition) is 2. The van der Waals surface area contributed by atoms with Crippen molar-refractivity contribution in [2.24, 2.45) is 12.8 Å². The maximum absolute atomic E-state index is 5.84. The van der Waals surface area contributed by atoms with Crippen molar-refractivity contribution in [1.29, 1.82) is 0 Å². The number of nitrogens with zero attached hydrogens (tertiary/aromatic N) is 3. The molecule has 0 atom stereocenters. The van der Waals surface area contributed by atoms with Crippen molar-refractivity contribution in [3.05, 3.63) is 35.2 Å². The van der Waals surface area contributed by atoms with Gasteiger partial charge in [-0.2, -0.15) is 5.10 Å².